The third-order valence-corrected chi connectivity index (χ3v) is 9.90. The molecule has 0 N–H and O–H groups in total. The van der Waals surface area contributed by atoms with Gasteiger partial charge in [0.05, 0.1) is 5.69 Å². The van der Waals surface area contributed by atoms with Crippen molar-refractivity contribution in [2.75, 3.05) is 0 Å². The van der Waals surface area contributed by atoms with Crippen molar-refractivity contribution < 1.29 is 4.57 Å². The standard InChI is InChI=1S/C28H22NOP/c1-28(2)22-15-10-18-29-27(22)25-20-13-6-8-16-23(20)31(30,19-11-4-3-5-12-19)24-17-9-7-14-21(24)26(25)28/h3-18H,1-2H3. The van der Waals surface area contributed by atoms with Crippen molar-refractivity contribution in [1.82, 2.24) is 4.98 Å². The van der Waals surface area contributed by atoms with Crippen LogP contribution in [0.3, 0.4) is 0 Å². The zero-order chi connectivity index (χ0) is 21.2. The van der Waals surface area contributed by atoms with Crippen LogP contribution < -0.4 is 15.9 Å². The number of allylic oxidation sites excluding steroid dienone is 1. The molecule has 0 bridgehead atoms. The summed E-state index contributed by atoms with van der Waals surface area (Å²) in [5, 5.41) is 2.68. The van der Waals surface area contributed by atoms with Gasteiger partial charge in [-0.1, -0.05) is 98.8 Å². The molecular weight excluding hydrogens is 397 g/mol. The fourth-order valence-corrected chi connectivity index (χ4v) is 8.42. The summed E-state index contributed by atoms with van der Waals surface area (Å²) >= 11 is 0. The summed E-state index contributed by atoms with van der Waals surface area (Å²) in [6.45, 7) is 4.52. The van der Waals surface area contributed by atoms with E-state index < -0.39 is 7.14 Å². The Morgan fingerprint density at radius 2 is 1.32 bits per heavy atom. The Morgan fingerprint density at radius 1 is 0.710 bits per heavy atom. The maximum absolute atomic E-state index is 15.2. The number of aromatic nitrogens is 1. The third kappa shape index (κ3) is 2.34. The highest BCUT2D eigenvalue weighted by atomic mass is 31.2. The van der Waals surface area contributed by atoms with E-state index in [2.05, 4.69) is 44.2 Å². The summed E-state index contributed by atoms with van der Waals surface area (Å²) in [7, 11) is -3.08. The van der Waals surface area contributed by atoms with Crippen molar-refractivity contribution in [3.05, 3.63) is 120 Å². The quantitative estimate of drug-likeness (QED) is 0.393. The summed E-state index contributed by atoms with van der Waals surface area (Å²) in [4.78, 5) is 4.83. The molecule has 0 saturated heterocycles. The van der Waals surface area contributed by atoms with Gasteiger partial charge >= 0.3 is 0 Å². The maximum atomic E-state index is 15.2. The molecule has 2 aliphatic rings. The molecule has 0 spiro atoms. The van der Waals surface area contributed by atoms with Gasteiger partial charge in [-0.05, 0) is 28.3 Å². The van der Waals surface area contributed by atoms with Gasteiger partial charge in [0.2, 0.25) is 0 Å². The summed E-state index contributed by atoms with van der Waals surface area (Å²) in [6, 6.07) is 30.6. The van der Waals surface area contributed by atoms with Gasteiger partial charge in [0, 0.05) is 33.1 Å². The van der Waals surface area contributed by atoms with Gasteiger partial charge in [0.25, 0.3) is 0 Å². The lowest BCUT2D eigenvalue weighted by molar-refractivity contribution is 0.592. The molecule has 0 fully saturated rings. The van der Waals surface area contributed by atoms with Gasteiger partial charge in [-0.2, -0.15) is 0 Å². The highest BCUT2D eigenvalue weighted by Crippen LogP contribution is 2.57. The van der Waals surface area contributed by atoms with E-state index >= 15 is 4.57 Å². The zero-order valence-electron chi connectivity index (χ0n) is 17.5. The number of fused-ring (bicyclic) bond motifs is 6. The van der Waals surface area contributed by atoms with Crippen LogP contribution >= 0.6 is 7.14 Å². The van der Waals surface area contributed by atoms with Crippen LogP contribution in [0.2, 0.25) is 0 Å². The van der Waals surface area contributed by atoms with Crippen molar-refractivity contribution in [2.24, 2.45) is 0 Å². The Bertz CT molecular complexity index is 1430. The molecule has 1 unspecified atom stereocenters. The normalized spacial score (nSPS) is 20.3. The molecule has 150 valence electrons. The predicted molar refractivity (Wildman–Crippen MR) is 129 cm³/mol. The van der Waals surface area contributed by atoms with E-state index in [1.807, 2.05) is 66.9 Å². The number of rotatable bonds is 1. The van der Waals surface area contributed by atoms with Crippen LogP contribution in [0.25, 0.3) is 11.1 Å². The van der Waals surface area contributed by atoms with Crippen LogP contribution in [0.4, 0.5) is 0 Å². The minimum absolute atomic E-state index is 0.242. The Kier molecular flexibility index (Phi) is 3.82. The van der Waals surface area contributed by atoms with Crippen molar-refractivity contribution in [2.45, 2.75) is 19.3 Å². The molecule has 2 heterocycles. The second-order valence-corrected chi connectivity index (χ2v) is 11.5. The third-order valence-electron chi connectivity index (χ3n) is 6.74. The lowest BCUT2D eigenvalue weighted by atomic mass is 9.78. The number of hydrogen-bond acceptors (Lipinski definition) is 2. The predicted octanol–water partition coefficient (Wildman–Crippen LogP) is 5.28. The molecule has 1 aliphatic heterocycles. The SMILES string of the molecule is CC1(C)C2=C(c3ccccc3P(=O)(c3ccccc3)c3ccccc32)c2ncccc21. The lowest BCUT2D eigenvalue weighted by Gasteiger charge is -2.28. The van der Waals surface area contributed by atoms with Crippen molar-refractivity contribution in [1.29, 1.82) is 0 Å². The van der Waals surface area contributed by atoms with E-state index in [1.54, 1.807) is 0 Å². The first-order valence-corrected chi connectivity index (χ1v) is 12.3. The first-order chi connectivity index (χ1) is 15.0. The first kappa shape index (κ1) is 18.5. The number of hydrogen-bond donors (Lipinski definition) is 0. The maximum Gasteiger partial charge on any atom is 0.172 e. The highest BCUT2D eigenvalue weighted by molar-refractivity contribution is 7.85. The molecule has 3 aromatic carbocycles. The average Bonchev–Trinajstić information content (AvgIpc) is 2.99. The number of nitrogens with zero attached hydrogens (tertiary/aromatic N) is 1. The van der Waals surface area contributed by atoms with Crippen LogP contribution in [0.1, 0.15) is 36.2 Å². The first-order valence-electron chi connectivity index (χ1n) is 10.6. The summed E-state index contributed by atoms with van der Waals surface area (Å²) in [5.74, 6) is 0. The van der Waals surface area contributed by atoms with Crippen molar-refractivity contribution in [3.8, 4) is 0 Å². The topological polar surface area (TPSA) is 30.0 Å². The fraction of sp³-hybridized carbons (Fsp3) is 0.107. The van der Waals surface area contributed by atoms with E-state index in [0.717, 1.165) is 38.3 Å². The molecule has 1 aliphatic carbocycles. The monoisotopic (exact) mass is 419 g/mol. The van der Waals surface area contributed by atoms with Crippen molar-refractivity contribution >= 4 is 34.2 Å². The van der Waals surface area contributed by atoms with Crippen molar-refractivity contribution in [3.63, 3.8) is 0 Å². The van der Waals surface area contributed by atoms with Gasteiger partial charge in [-0.3, -0.25) is 4.98 Å². The second-order valence-electron chi connectivity index (χ2n) is 8.75. The van der Waals surface area contributed by atoms with Gasteiger partial charge in [0.1, 0.15) is 0 Å². The molecular formula is C28H22NOP. The molecule has 1 atom stereocenters. The van der Waals surface area contributed by atoms with E-state index in [0.29, 0.717) is 0 Å². The van der Waals surface area contributed by atoms with Gasteiger partial charge < -0.3 is 4.57 Å². The average molecular weight is 419 g/mol. The van der Waals surface area contributed by atoms with Crippen LogP contribution in [0, 0.1) is 0 Å². The minimum Gasteiger partial charge on any atom is -0.309 e. The van der Waals surface area contributed by atoms with E-state index in [-0.39, 0.29) is 5.41 Å². The molecule has 4 aromatic rings. The fourth-order valence-electron chi connectivity index (χ4n) is 5.37. The highest BCUT2D eigenvalue weighted by Gasteiger charge is 2.46. The van der Waals surface area contributed by atoms with E-state index in [4.69, 9.17) is 4.98 Å². The molecule has 1 aromatic heterocycles. The second kappa shape index (κ2) is 6.39. The molecule has 0 amide bonds. The number of pyridine rings is 1. The molecule has 6 rings (SSSR count). The summed E-state index contributed by atoms with van der Waals surface area (Å²) < 4.78 is 15.2. The van der Waals surface area contributed by atoms with Crippen LogP contribution in [-0.4, -0.2) is 4.98 Å². The van der Waals surface area contributed by atoms with E-state index in [1.165, 1.54) is 11.1 Å². The van der Waals surface area contributed by atoms with Gasteiger partial charge in [0.15, 0.2) is 7.14 Å². The lowest BCUT2D eigenvalue weighted by Crippen LogP contribution is -2.29. The summed E-state index contributed by atoms with van der Waals surface area (Å²) in [6.07, 6.45) is 1.86. The Hall–Kier alpha value is -3.22. The smallest absolute Gasteiger partial charge is 0.172 e. The van der Waals surface area contributed by atoms with Gasteiger partial charge in [-0.25, -0.2) is 0 Å². The Labute approximate surface area is 182 Å². The molecule has 31 heavy (non-hydrogen) atoms. The molecule has 3 heteroatoms. The Morgan fingerprint density at radius 3 is 2.06 bits per heavy atom. The molecule has 0 radical (unpaired) electrons. The summed E-state index contributed by atoms with van der Waals surface area (Å²) in [5.41, 5.74) is 6.44. The van der Waals surface area contributed by atoms with Crippen LogP contribution in [0.15, 0.2) is 97.2 Å². The van der Waals surface area contributed by atoms with Gasteiger partial charge in [-0.15, -0.1) is 0 Å². The van der Waals surface area contributed by atoms with Crippen LogP contribution in [0.5, 0.6) is 0 Å². The minimum atomic E-state index is -3.08. The Balaban J connectivity index is 1.83. The number of benzene rings is 3. The largest absolute Gasteiger partial charge is 0.309 e. The van der Waals surface area contributed by atoms with E-state index in [9.17, 15) is 0 Å². The zero-order valence-corrected chi connectivity index (χ0v) is 18.4. The molecule has 0 saturated carbocycles. The molecule has 2 nitrogen and oxygen atoms in total. The van der Waals surface area contributed by atoms with Crippen LogP contribution in [-0.2, 0) is 9.98 Å².